The number of amides is 1. The second-order valence-corrected chi connectivity index (χ2v) is 8.24. The molecule has 4 aromatic rings. The normalized spacial score (nSPS) is 12.1. The molecule has 0 unspecified atom stereocenters. The van der Waals surface area contributed by atoms with Crippen LogP contribution in [0.15, 0.2) is 66.7 Å². The predicted molar refractivity (Wildman–Crippen MR) is 119 cm³/mol. The van der Waals surface area contributed by atoms with Crippen molar-refractivity contribution in [1.29, 1.82) is 0 Å². The maximum Gasteiger partial charge on any atom is 0.310 e. The van der Waals surface area contributed by atoms with Gasteiger partial charge in [0.15, 0.2) is 6.61 Å². The Hall–Kier alpha value is -3.25. The minimum absolute atomic E-state index is 0.131. The quantitative estimate of drug-likeness (QED) is 0.424. The lowest BCUT2D eigenvalue weighted by Crippen LogP contribution is -2.33. The summed E-state index contributed by atoms with van der Waals surface area (Å²) in [5.41, 5.74) is 1.81. The van der Waals surface area contributed by atoms with Gasteiger partial charge in [-0.2, -0.15) is 0 Å². The topological polar surface area (TPSA) is 59.5 Å². The zero-order chi connectivity index (χ0) is 21.1. The van der Waals surface area contributed by atoms with Gasteiger partial charge in [-0.25, -0.2) is 4.98 Å². The van der Waals surface area contributed by atoms with Gasteiger partial charge in [0.25, 0.3) is 5.91 Å². The minimum Gasteiger partial charge on any atom is -0.455 e. The largest absolute Gasteiger partial charge is 0.455 e. The van der Waals surface area contributed by atoms with Crippen LogP contribution in [0.5, 0.6) is 0 Å². The van der Waals surface area contributed by atoms with Gasteiger partial charge < -0.3 is 9.64 Å². The number of aromatic nitrogens is 1. The standard InChI is InChI=1S/C24H22N2O3S/c1-16(24-25-20-12-5-6-13-21(20)30-24)26(2)22(27)15-29-23(28)14-18-10-7-9-17-8-3-4-11-19(17)18/h3-13,16H,14-15H2,1-2H3/t16-/m0/s1. The van der Waals surface area contributed by atoms with E-state index in [0.717, 1.165) is 31.6 Å². The highest BCUT2D eigenvalue weighted by molar-refractivity contribution is 7.18. The van der Waals surface area contributed by atoms with Crippen molar-refractivity contribution in [3.8, 4) is 0 Å². The molecule has 1 amide bonds. The lowest BCUT2D eigenvalue weighted by Gasteiger charge is -2.23. The van der Waals surface area contributed by atoms with Crippen LogP contribution in [-0.2, 0) is 20.7 Å². The Morgan fingerprint density at radius 1 is 1.03 bits per heavy atom. The first kappa shape index (κ1) is 20.0. The number of para-hydroxylation sites is 1. The van der Waals surface area contributed by atoms with Gasteiger partial charge in [-0.15, -0.1) is 11.3 Å². The molecule has 0 spiro atoms. The average Bonchev–Trinajstić information content (AvgIpc) is 3.21. The van der Waals surface area contributed by atoms with E-state index in [9.17, 15) is 9.59 Å². The Morgan fingerprint density at radius 3 is 2.60 bits per heavy atom. The van der Waals surface area contributed by atoms with Crippen LogP contribution in [0.4, 0.5) is 0 Å². The van der Waals surface area contributed by atoms with Gasteiger partial charge in [0, 0.05) is 7.05 Å². The van der Waals surface area contributed by atoms with Crippen molar-refractivity contribution in [3.63, 3.8) is 0 Å². The number of hydrogen-bond donors (Lipinski definition) is 0. The summed E-state index contributed by atoms with van der Waals surface area (Å²) >= 11 is 1.57. The molecule has 4 rings (SSSR count). The third-order valence-electron chi connectivity index (χ3n) is 5.21. The number of ether oxygens (including phenoxy) is 1. The van der Waals surface area contributed by atoms with Crippen LogP contribution in [0.1, 0.15) is 23.5 Å². The molecule has 152 valence electrons. The first-order valence-corrected chi connectivity index (χ1v) is 10.6. The zero-order valence-corrected chi connectivity index (χ0v) is 17.7. The van der Waals surface area contributed by atoms with Gasteiger partial charge >= 0.3 is 5.97 Å². The molecule has 0 fully saturated rings. The number of fused-ring (bicyclic) bond motifs is 2. The number of hydrogen-bond acceptors (Lipinski definition) is 5. The molecule has 3 aromatic carbocycles. The molecule has 1 atom stereocenters. The summed E-state index contributed by atoms with van der Waals surface area (Å²) in [6, 6.07) is 21.4. The second kappa shape index (κ2) is 8.63. The molecule has 0 aliphatic rings. The highest BCUT2D eigenvalue weighted by Crippen LogP contribution is 2.28. The molecule has 0 radical (unpaired) electrons. The van der Waals surface area contributed by atoms with Crippen molar-refractivity contribution < 1.29 is 14.3 Å². The van der Waals surface area contributed by atoms with E-state index in [1.54, 1.807) is 23.3 Å². The van der Waals surface area contributed by atoms with E-state index in [1.807, 2.05) is 73.7 Å². The molecule has 30 heavy (non-hydrogen) atoms. The lowest BCUT2D eigenvalue weighted by molar-refractivity contribution is -0.151. The molecule has 6 heteroatoms. The highest BCUT2D eigenvalue weighted by Gasteiger charge is 2.22. The van der Waals surface area contributed by atoms with Crippen molar-refractivity contribution in [2.75, 3.05) is 13.7 Å². The van der Waals surface area contributed by atoms with Gasteiger partial charge in [-0.1, -0.05) is 54.6 Å². The van der Waals surface area contributed by atoms with E-state index in [2.05, 4.69) is 4.98 Å². The first-order chi connectivity index (χ1) is 14.5. The molecule has 1 heterocycles. The summed E-state index contributed by atoms with van der Waals surface area (Å²) in [6.45, 7) is 1.64. The SMILES string of the molecule is C[C@@H](c1nc2ccccc2s1)N(C)C(=O)COC(=O)Cc1cccc2ccccc12. The maximum atomic E-state index is 12.6. The molecule has 5 nitrogen and oxygen atoms in total. The molecular weight excluding hydrogens is 396 g/mol. The van der Waals surface area contributed by atoms with E-state index < -0.39 is 5.97 Å². The highest BCUT2D eigenvalue weighted by atomic mass is 32.1. The first-order valence-electron chi connectivity index (χ1n) is 9.76. The summed E-state index contributed by atoms with van der Waals surface area (Å²) in [5, 5.41) is 2.95. The van der Waals surface area contributed by atoms with E-state index in [0.29, 0.717) is 0 Å². The number of rotatable bonds is 6. The summed E-state index contributed by atoms with van der Waals surface area (Å²) < 4.78 is 6.36. The average molecular weight is 419 g/mol. The molecular formula is C24H22N2O3S. The van der Waals surface area contributed by atoms with Crippen LogP contribution in [-0.4, -0.2) is 35.4 Å². The van der Waals surface area contributed by atoms with E-state index >= 15 is 0 Å². The molecule has 0 saturated carbocycles. The van der Waals surface area contributed by atoms with Crippen LogP contribution in [0.25, 0.3) is 21.0 Å². The minimum atomic E-state index is -0.416. The van der Waals surface area contributed by atoms with Gasteiger partial charge in [0.2, 0.25) is 0 Å². The Balaban J connectivity index is 1.36. The molecule has 0 N–H and O–H groups in total. The lowest BCUT2D eigenvalue weighted by atomic mass is 10.0. The Kier molecular flexibility index (Phi) is 5.77. The molecule has 0 saturated heterocycles. The number of benzene rings is 3. The number of esters is 1. The Bertz CT molecular complexity index is 1180. The van der Waals surface area contributed by atoms with E-state index in [1.165, 1.54) is 0 Å². The number of carbonyl (C=O) groups excluding carboxylic acids is 2. The van der Waals surface area contributed by atoms with Crippen molar-refractivity contribution in [3.05, 3.63) is 77.3 Å². The fraction of sp³-hybridized carbons (Fsp3) is 0.208. The van der Waals surface area contributed by atoms with Crippen molar-refractivity contribution in [2.45, 2.75) is 19.4 Å². The second-order valence-electron chi connectivity index (χ2n) is 7.18. The van der Waals surface area contributed by atoms with Gasteiger partial charge in [0.1, 0.15) is 5.01 Å². The van der Waals surface area contributed by atoms with Crippen molar-refractivity contribution in [2.24, 2.45) is 0 Å². The van der Waals surface area contributed by atoms with E-state index in [4.69, 9.17) is 4.74 Å². The number of likely N-dealkylation sites (N-methyl/N-ethyl adjacent to an activating group) is 1. The monoisotopic (exact) mass is 418 g/mol. The fourth-order valence-electron chi connectivity index (χ4n) is 3.35. The van der Waals surface area contributed by atoms with Crippen LogP contribution < -0.4 is 0 Å². The number of nitrogens with zero attached hydrogens (tertiary/aromatic N) is 2. The number of thiazole rings is 1. The van der Waals surface area contributed by atoms with E-state index in [-0.39, 0.29) is 25.0 Å². The van der Waals surface area contributed by atoms with Crippen molar-refractivity contribution in [1.82, 2.24) is 9.88 Å². The summed E-state index contributed by atoms with van der Waals surface area (Å²) in [7, 11) is 1.71. The predicted octanol–water partition coefficient (Wildman–Crippen LogP) is 4.75. The zero-order valence-electron chi connectivity index (χ0n) is 16.9. The van der Waals surface area contributed by atoms with Gasteiger partial charge in [-0.3, -0.25) is 9.59 Å². The summed E-state index contributed by atoms with van der Waals surface area (Å²) in [4.78, 5) is 31.1. The fourth-order valence-corrected chi connectivity index (χ4v) is 4.41. The smallest absolute Gasteiger partial charge is 0.310 e. The Labute approximate surface area is 178 Å². The van der Waals surface area contributed by atoms with Gasteiger partial charge in [-0.05, 0) is 35.4 Å². The van der Waals surface area contributed by atoms with Crippen LogP contribution in [0.2, 0.25) is 0 Å². The van der Waals surface area contributed by atoms with Crippen LogP contribution >= 0.6 is 11.3 Å². The third kappa shape index (κ3) is 4.19. The maximum absolute atomic E-state index is 12.6. The van der Waals surface area contributed by atoms with Crippen molar-refractivity contribution >= 4 is 44.2 Å². The Morgan fingerprint density at radius 2 is 1.77 bits per heavy atom. The van der Waals surface area contributed by atoms with Gasteiger partial charge in [0.05, 0.1) is 22.7 Å². The number of carbonyl (C=O) groups is 2. The van der Waals surface area contributed by atoms with Crippen LogP contribution in [0, 0.1) is 0 Å². The third-order valence-corrected chi connectivity index (χ3v) is 6.42. The molecule has 1 aromatic heterocycles. The molecule has 0 aliphatic heterocycles. The summed E-state index contributed by atoms with van der Waals surface area (Å²) in [5.74, 6) is -0.672. The summed E-state index contributed by atoms with van der Waals surface area (Å²) in [6.07, 6.45) is 0.131. The molecule has 0 bridgehead atoms. The molecule has 0 aliphatic carbocycles. The van der Waals surface area contributed by atoms with Crippen LogP contribution in [0.3, 0.4) is 0 Å².